The lowest BCUT2D eigenvalue weighted by atomic mass is 9.80. The molecule has 1 unspecified atom stereocenters. The van der Waals surface area contributed by atoms with E-state index < -0.39 is 0 Å². The first-order chi connectivity index (χ1) is 7.65. The molecule has 0 aromatic rings. The van der Waals surface area contributed by atoms with Crippen LogP contribution in [0.25, 0.3) is 0 Å². The van der Waals surface area contributed by atoms with Crippen LogP contribution in [-0.2, 0) is 0 Å². The van der Waals surface area contributed by atoms with Gasteiger partial charge in [0.25, 0.3) is 0 Å². The molecule has 0 radical (unpaired) electrons. The molecule has 1 aliphatic rings. The summed E-state index contributed by atoms with van der Waals surface area (Å²) in [5.41, 5.74) is 0.372. The maximum absolute atomic E-state index is 9.57. The highest BCUT2D eigenvalue weighted by molar-refractivity contribution is 7.80. The maximum atomic E-state index is 9.57. The normalized spacial score (nSPS) is 22.9. The third kappa shape index (κ3) is 3.94. The second-order valence-corrected chi connectivity index (χ2v) is 5.65. The first-order valence-electron chi connectivity index (χ1n) is 6.67. The van der Waals surface area contributed by atoms with Crippen LogP contribution in [0.5, 0.6) is 0 Å². The van der Waals surface area contributed by atoms with Crippen molar-refractivity contribution in [1.29, 1.82) is 0 Å². The van der Waals surface area contributed by atoms with Gasteiger partial charge in [-0.2, -0.15) is 12.6 Å². The SMILES string of the molecule is CCCC(CS)(CCC)CN1CCC(O)C1. The van der Waals surface area contributed by atoms with Crippen LogP contribution in [0.15, 0.2) is 0 Å². The molecule has 1 heterocycles. The Morgan fingerprint density at radius 3 is 2.31 bits per heavy atom. The van der Waals surface area contributed by atoms with Crippen molar-refractivity contribution < 1.29 is 5.11 Å². The topological polar surface area (TPSA) is 23.5 Å². The molecule has 3 heteroatoms. The molecule has 0 aliphatic carbocycles. The number of nitrogens with zero attached hydrogens (tertiary/aromatic N) is 1. The van der Waals surface area contributed by atoms with E-state index in [4.69, 9.17) is 0 Å². The van der Waals surface area contributed by atoms with Crippen molar-refractivity contribution in [2.75, 3.05) is 25.4 Å². The Kier molecular flexibility index (Phi) is 6.16. The monoisotopic (exact) mass is 245 g/mol. The summed E-state index contributed by atoms with van der Waals surface area (Å²) in [5, 5.41) is 9.57. The van der Waals surface area contributed by atoms with Crippen LogP contribution >= 0.6 is 12.6 Å². The zero-order chi connectivity index (χ0) is 12.0. The predicted molar refractivity (Wildman–Crippen MR) is 73.2 cm³/mol. The smallest absolute Gasteiger partial charge is 0.0679 e. The van der Waals surface area contributed by atoms with E-state index in [0.29, 0.717) is 5.41 Å². The molecule has 1 N–H and O–H groups in total. The highest BCUT2D eigenvalue weighted by atomic mass is 32.1. The molecule has 1 rings (SSSR count). The molecule has 2 nitrogen and oxygen atoms in total. The molecular weight excluding hydrogens is 218 g/mol. The van der Waals surface area contributed by atoms with E-state index in [1.807, 2.05) is 0 Å². The first-order valence-corrected chi connectivity index (χ1v) is 7.30. The van der Waals surface area contributed by atoms with Crippen LogP contribution in [0.3, 0.4) is 0 Å². The minimum atomic E-state index is -0.0964. The maximum Gasteiger partial charge on any atom is 0.0679 e. The minimum absolute atomic E-state index is 0.0964. The van der Waals surface area contributed by atoms with Gasteiger partial charge in [-0.1, -0.05) is 26.7 Å². The van der Waals surface area contributed by atoms with Gasteiger partial charge in [0.05, 0.1) is 6.10 Å². The fourth-order valence-electron chi connectivity index (χ4n) is 2.98. The van der Waals surface area contributed by atoms with Gasteiger partial charge in [-0.25, -0.2) is 0 Å². The fourth-order valence-corrected chi connectivity index (χ4v) is 3.40. The number of aliphatic hydroxyl groups excluding tert-OH is 1. The van der Waals surface area contributed by atoms with E-state index in [1.165, 1.54) is 25.7 Å². The molecule has 0 aromatic carbocycles. The highest BCUT2D eigenvalue weighted by Crippen LogP contribution is 2.33. The zero-order valence-electron chi connectivity index (χ0n) is 10.8. The lowest BCUT2D eigenvalue weighted by Gasteiger charge is -2.36. The molecular formula is C13H27NOS. The van der Waals surface area contributed by atoms with Gasteiger partial charge >= 0.3 is 0 Å². The van der Waals surface area contributed by atoms with Crippen LogP contribution in [0.2, 0.25) is 0 Å². The summed E-state index contributed by atoms with van der Waals surface area (Å²) >= 11 is 4.58. The highest BCUT2D eigenvalue weighted by Gasteiger charge is 2.32. The molecule has 1 fully saturated rings. The Bertz CT molecular complexity index is 192. The summed E-state index contributed by atoms with van der Waals surface area (Å²) in [7, 11) is 0. The van der Waals surface area contributed by atoms with E-state index in [9.17, 15) is 5.11 Å². The second kappa shape index (κ2) is 6.87. The number of hydrogen-bond donors (Lipinski definition) is 2. The number of rotatable bonds is 7. The van der Waals surface area contributed by atoms with Crippen LogP contribution in [0, 0.1) is 5.41 Å². The minimum Gasteiger partial charge on any atom is -0.392 e. The molecule has 0 saturated carbocycles. The van der Waals surface area contributed by atoms with Crippen molar-refractivity contribution in [3.63, 3.8) is 0 Å². The third-order valence-electron chi connectivity index (χ3n) is 3.70. The van der Waals surface area contributed by atoms with E-state index in [1.54, 1.807) is 0 Å². The van der Waals surface area contributed by atoms with E-state index in [2.05, 4.69) is 31.4 Å². The van der Waals surface area contributed by atoms with Gasteiger partial charge in [0.2, 0.25) is 0 Å². The Hall–Kier alpha value is 0.270. The van der Waals surface area contributed by atoms with Gasteiger partial charge in [-0.05, 0) is 30.4 Å². The Morgan fingerprint density at radius 1 is 1.31 bits per heavy atom. The van der Waals surface area contributed by atoms with Crippen LogP contribution in [-0.4, -0.2) is 41.5 Å². The molecule has 0 amide bonds. The second-order valence-electron chi connectivity index (χ2n) is 5.34. The molecule has 0 aromatic heterocycles. The van der Waals surface area contributed by atoms with Crippen molar-refractivity contribution in [1.82, 2.24) is 4.90 Å². The summed E-state index contributed by atoms with van der Waals surface area (Å²) in [4.78, 5) is 2.42. The number of thiol groups is 1. The molecule has 1 atom stereocenters. The van der Waals surface area contributed by atoms with Gasteiger partial charge in [0.1, 0.15) is 0 Å². The average molecular weight is 245 g/mol. The summed E-state index contributed by atoms with van der Waals surface area (Å²) in [6.07, 6.45) is 5.84. The first kappa shape index (κ1) is 14.3. The van der Waals surface area contributed by atoms with E-state index >= 15 is 0 Å². The summed E-state index contributed by atoms with van der Waals surface area (Å²) in [6.45, 7) is 7.56. The largest absolute Gasteiger partial charge is 0.392 e. The molecule has 0 spiro atoms. The number of hydrogen-bond acceptors (Lipinski definition) is 3. The van der Waals surface area contributed by atoms with Crippen LogP contribution in [0.1, 0.15) is 46.0 Å². The number of β-amino-alcohol motifs (C(OH)–C–C–N with tert-alkyl or cyclic N) is 1. The molecule has 96 valence electrons. The van der Waals surface area contributed by atoms with Crippen LogP contribution < -0.4 is 0 Å². The number of likely N-dealkylation sites (tertiary alicyclic amines) is 1. The van der Waals surface area contributed by atoms with E-state index in [-0.39, 0.29) is 6.10 Å². The van der Waals surface area contributed by atoms with Crippen molar-refractivity contribution in [3.05, 3.63) is 0 Å². The van der Waals surface area contributed by atoms with Gasteiger partial charge in [0.15, 0.2) is 0 Å². The van der Waals surface area contributed by atoms with Crippen molar-refractivity contribution in [3.8, 4) is 0 Å². The molecule has 1 saturated heterocycles. The van der Waals surface area contributed by atoms with Gasteiger partial charge in [-0.3, -0.25) is 0 Å². The Balaban J connectivity index is 2.54. The zero-order valence-corrected chi connectivity index (χ0v) is 11.7. The van der Waals surface area contributed by atoms with Crippen molar-refractivity contribution in [2.24, 2.45) is 5.41 Å². The average Bonchev–Trinajstić information content (AvgIpc) is 2.64. The third-order valence-corrected chi connectivity index (χ3v) is 4.37. The summed E-state index contributed by atoms with van der Waals surface area (Å²) in [6, 6.07) is 0. The van der Waals surface area contributed by atoms with Gasteiger partial charge in [0, 0.05) is 19.6 Å². The van der Waals surface area contributed by atoms with Gasteiger partial charge in [-0.15, -0.1) is 0 Å². The predicted octanol–water partition coefficient (Wildman–Crippen LogP) is 2.57. The lowest BCUT2D eigenvalue weighted by Crippen LogP contribution is -2.38. The summed E-state index contributed by atoms with van der Waals surface area (Å²) in [5.74, 6) is 0.973. The molecule has 0 bridgehead atoms. The van der Waals surface area contributed by atoms with E-state index in [0.717, 1.165) is 31.8 Å². The van der Waals surface area contributed by atoms with Crippen LogP contribution in [0.4, 0.5) is 0 Å². The lowest BCUT2D eigenvalue weighted by molar-refractivity contribution is 0.138. The number of aliphatic hydroxyl groups is 1. The van der Waals surface area contributed by atoms with Crippen molar-refractivity contribution >= 4 is 12.6 Å². The standard InChI is InChI=1S/C13H27NOS/c1-3-6-13(11-16,7-4-2)10-14-8-5-12(15)9-14/h12,15-16H,3-11H2,1-2H3. The molecule has 1 aliphatic heterocycles. The fraction of sp³-hybridized carbons (Fsp3) is 1.00. The summed E-state index contributed by atoms with van der Waals surface area (Å²) < 4.78 is 0. The molecule has 16 heavy (non-hydrogen) atoms. The van der Waals surface area contributed by atoms with Crippen molar-refractivity contribution in [2.45, 2.75) is 52.1 Å². The Morgan fingerprint density at radius 2 is 1.94 bits per heavy atom. The Labute approximate surface area is 106 Å². The van der Waals surface area contributed by atoms with Gasteiger partial charge < -0.3 is 10.0 Å². The quantitative estimate of drug-likeness (QED) is 0.674.